The second-order valence-electron chi connectivity index (χ2n) is 4.50. The van der Waals surface area contributed by atoms with Crippen LogP contribution in [-0.2, 0) is 0 Å². The zero-order valence-electron chi connectivity index (χ0n) is 12.8. The van der Waals surface area contributed by atoms with E-state index in [0.717, 1.165) is 31.1 Å². The highest BCUT2D eigenvalue weighted by atomic mass is 16.5. The molecule has 0 spiro atoms. The first-order valence-electron chi connectivity index (χ1n) is 7.24. The lowest BCUT2D eigenvalue weighted by Crippen LogP contribution is -2.31. The number of para-hydroxylation sites is 2. The number of amidine groups is 1. The van der Waals surface area contributed by atoms with Gasteiger partial charge < -0.3 is 20.4 Å². The molecule has 21 heavy (non-hydrogen) atoms. The van der Waals surface area contributed by atoms with Crippen molar-refractivity contribution in [3.63, 3.8) is 0 Å². The fourth-order valence-electron chi connectivity index (χ4n) is 1.88. The van der Waals surface area contributed by atoms with Gasteiger partial charge in [-0.1, -0.05) is 24.2 Å². The summed E-state index contributed by atoms with van der Waals surface area (Å²) in [6, 6.07) is 7.65. The van der Waals surface area contributed by atoms with E-state index in [2.05, 4.69) is 17.0 Å². The predicted octanol–water partition coefficient (Wildman–Crippen LogP) is 1.92. The Morgan fingerprint density at radius 3 is 2.43 bits per heavy atom. The van der Waals surface area contributed by atoms with E-state index < -0.39 is 0 Å². The first-order valence-corrected chi connectivity index (χ1v) is 7.24. The van der Waals surface area contributed by atoms with Crippen LogP contribution in [0, 0.1) is 0 Å². The van der Waals surface area contributed by atoms with Crippen molar-refractivity contribution in [3.05, 3.63) is 24.3 Å². The van der Waals surface area contributed by atoms with Gasteiger partial charge in [-0.05, 0) is 25.6 Å². The molecule has 0 bridgehead atoms. The first kappa shape index (κ1) is 17.1. The molecule has 1 aromatic carbocycles. The summed E-state index contributed by atoms with van der Waals surface area (Å²) in [4.78, 5) is 2.18. The summed E-state index contributed by atoms with van der Waals surface area (Å²) in [5.74, 6) is 1.77. The standard InChI is InChI=1S/C15H25N3O3/c1-3-18(10-9-15(16)17-19)11-12-21-14-8-6-5-7-13(14)20-4-2/h5-8,19H,3-4,9-12H2,1-2H3,(H2,16,17). The normalized spacial score (nSPS) is 11.7. The summed E-state index contributed by atoms with van der Waals surface area (Å²) in [5.41, 5.74) is 5.47. The summed E-state index contributed by atoms with van der Waals surface area (Å²) < 4.78 is 11.3. The highest BCUT2D eigenvalue weighted by Gasteiger charge is 2.06. The lowest BCUT2D eigenvalue weighted by atomic mass is 10.3. The number of hydrogen-bond donors (Lipinski definition) is 2. The number of ether oxygens (including phenoxy) is 2. The Morgan fingerprint density at radius 2 is 1.86 bits per heavy atom. The van der Waals surface area contributed by atoms with Crippen LogP contribution >= 0.6 is 0 Å². The third-order valence-electron chi connectivity index (χ3n) is 3.07. The van der Waals surface area contributed by atoms with Crippen molar-refractivity contribution in [3.8, 4) is 11.5 Å². The van der Waals surface area contributed by atoms with Crippen LogP contribution in [-0.4, -0.2) is 48.8 Å². The second kappa shape index (κ2) is 9.88. The van der Waals surface area contributed by atoms with E-state index in [-0.39, 0.29) is 5.84 Å². The van der Waals surface area contributed by atoms with Gasteiger partial charge in [0.15, 0.2) is 11.5 Å². The zero-order chi connectivity index (χ0) is 15.5. The van der Waals surface area contributed by atoms with Crippen LogP contribution in [0.1, 0.15) is 20.3 Å². The Labute approximate surface area is 126 Å². The van der Waals surface area contributed by atoms with Gasteiger partial charge in [-0.2, -0.15) is 0 Å². The average molecular weight is 295 g/mol. The number of rotatable bonds is 10. The van der Waals surface area contributed by atoms with Gasteiger partial charge in [0.05, 0.1) is 6.61 Å². The van der Waals surface area contributed by atoms with E-state index >= 15 is 0 Å². The Kier molecular flexibility index (Phi) is 8.04. The smallest absolute Gasteiger partial charge is 0.161 e. The number of benzene rings is 1. The van der Waals surface area contributed by atoms with E-state index in [1.807, 2.05) is 31.2 Å². The summed E-state index contributed by atoms with van der Waals surface area (Å²) in [7, 11) is 0. The number of oxime groups is 1. The molecule has 0 aliphatic rings. The van der Waals surface area contributed by atoms with Crippen molar-refractivity contribution in [2.75, 3.05) is 32.8 Å². The first-order chi connectivity index (χ1) is 10.2. The predicted molar refractivity (Wildman–Crippen MR) is 83.2 cm³/mol. The molecule has 0 amide bonds. The number of hydrogen-bond acceptors (Lipinski definition) is 5. The molecule has 0 aromatic heterocycles. The van der Waals surface area contributed by atoms with Crippen LogP contribution in [0.15, 0.2) is 29.4 Å². The minimum atomic E-state index is 0.246. The molecular weight excluding hydrogens is 270 g/mol. The summed E-state index contributed by atoms with van der Waals surface area (Å²) in [6.45, 7) is 7.59. The third-order valence-corrected chi connectivity index (χ3v) is 3.07. The van der Waals surface area contributed by atoms with Crippen molar-refractivity contribution in [1.29, 1.82) is 0 Å². The van der Waals surface area contributed by atoms with Crippen molar-refractivity contribution >= 4 is 5.84 Å². The molecule has 0 aliphatic carbocycles. The summed E-state index contributed by atoms with van der Waals surface area (Å²) >= 11 is 0. The van der Waals surface area contributed by atoms with Crippen LogP contribution in [0.5, 0.6) is 11.5 Å². The topological polar surface area (TPSA) is 80.3 Å². The Bertz CT molecular complexity index is 438. The van der Waals surface area contributed by atoms with Crippen LogP contribution in [0.3, 0.4) is 0 Å². The molecule has 0 radical (unpaired) electrons. The summed E-state index contributed by atoms with van der Waals surface area (Å²) in [6.07, 6.45) is 0.542. The maximum Gasteiger partial charge on any atom is 0.161 e. The van der Waals surface area contributed by atoms with Crippen LogP contribution in [0.2, 0.25) is 0 Å². The fraction of sp³-hybridized carbons (Fsp3) is 0.533. The van der Waals surface area contributed by atoms with E-state index in [0.29, 0.717) is 19.6 Å². The van der Waals surface area contributed by atoms with E-state index in [4.69, 9.17) is 20.4 Å². The van der Waals surface area contributed by atoms with Crippen LogP contribution in [0.25, 0.3) is 0 Å². The molecule has 3 N–H and O–H groups in total. The van der Waals surface area contributed by atoms with E-state index in [1.165, 1.54) is 0 Å². The van der Waals surface area contributed by atoms with Gasteiger partial charge >= 0.3 is 0 Å². The molecule has 0 heterocycles. The van der Waals surface area contributed by atoms with Gasteiger partial charge in [0.25, 0.3) is 0 Å². The van der Waals surface area contributed by atoms with Gasteiger partial charge in [0, 0.05) is 19.5 Å². The SMILES string of the molecule is CCOc1ccccc1OCCN(CC)CCC(N)=NO. The molecule has 1 rings (SSSR count). The largest absolute Gasteiger partial charge is 0.490 e. The third kappa shape index (κ3) is 6.35. The molecule has 0 saturated heterocycles. The van der Waals surface area contributed by atoms with Gasteiger partial charge in [-0.15, -0.1) is 0 Å². The molecule has 1 aromatic rings. The van der Waals surface area contributed by atoms with Gasteiger partial charge in [-0.3, -0.25) is 4.90 Å². The number of likely N-dealkylation sites (N-methyl/N-ethyl adjacent to an activating group) is 1. The molecule has 118 valence electrons. The van der Waals surface area contributed by atoms with Gasteiger partial charge in [0.2, 0.25) is 0 Å². The van der Waals surface area contributed by atoms with E-state index in [1.54, 1.807) is 0 Å². The van der Waals surface area contributed by atoms with Gasteiger partial charge in [0.1, 0.15) is 12.4 Å². The Morgan fingerprint density at radius 1 is 1.19 bits per heavy atom. The lowest BCUT2D eigenvalue weighted by Gasteiger charge is -2.20. The number of nitrogens with zero attached hydrogens (tertiary/aromatic N) is 2. The summed E-state index contributed by atoms with van der Waals surface area (Å²) in [5, 5.41) is 11.5. The minimum absolute atomic E-state index is 0.246. The van der Waals surface area contributed by atoms with Gasteiger partial charge in [-0.25, -0.2) is 0 Å². The molecular formula is C15H25N3O3. The zero-order valence-corrected chi connectivity index (χ0v) is 12.8. The monoisotopic (exact) mass is 295 g/mol. The lowest BCUT2D eigenvalue weighted by molar-refractivity contribution is 0.210. The maximum atomic E-state index is 8.53. The highest BCUT2D eigenvalue weighted by Crippen LogP contribution is 2.26. The average Bonchev–Trinajstić information content (AvgIpc) is 2.52. The fourth-order valence-corrected chi connectivity index (χ4v) is 1.88. The second-order valence-corrected chi connectivity index (χ2v) is 4.50. The Hall–Kier alpha value is -1.95. The highest BCUT2D eigenvalue weighted by molar-refractivity contribution is 5.79. The van der Waals surface area contributed by atoms with Crippen LogP contribution < -0.4 is 15.2 Å². The Balaban J connectivity index is 2.40. The maximum absolute atomic E-state index is 8.53. The molecule has 0 saturated carbocycles. The van der Waals surface area contributed by atoms with Crippen molar-refractivity contribution in [2.45, 2.75) is 20.3 Å². The van der Waals surface area contributed by atoms with Crippen molar-refractivity contribution in [2.24, 2.45) is 10.9 Å². The number of nitrogens with two attached hydrogens (primary N) is 1. The molecule has 0 atom stereocenters. The molecule has 0 unspecified atom stereocenters. The molecule has 0 fully saturated rings. The van der Waals surface area contributed by atoms with E-state index in [9.17, 15) is 0 Å². The minimum Gasteiger partial charge on any atom is -0.490 e. The molecule has 6 nitrogen and oxygen atoms in total. The van der Waals surface area contributed by atoms with Crippen LogP contribution in [0.4, 0.5) is 0 Å². The quantitative estimate of drug-likeness (QED) is 0.298. The van der Waals surface area contributed by atoms with Crippen molar-refractivity contribution in [1.82, 2.24) is 4.90 Å². The molecule has 6 heteroatoms. The molecule has 0 aliphatic heterocycles. The van der Waals surface area contributed by atoms with Crippen molar-refractivity contribution < 1.29 is 14.7 Å².